The molecule has 2 aliphatic rings. The van der Waals surface area contributed by atoms with Gasteiger partial charge in [0.2, 0.25) is 5.91 Å². The quantitative estimate of drug-likeness (QED) is 0.834. The second kappa shape index (κ2) is 5.39. The third-order valence-electron chi connectivity index (χ3n) is 3.82. The molecule has 3 N–H and O–H groups in total. The van der Waals surface area contributed by atoms with Crippen LogP contribution in [0, 0.1) is 0 Å². The van der Waals surface area contributed by atoms with E-state index in [0.29, 0.717) is 24.6 Å². The van der Waals surface area contributed by atoms with Gasteiger partial charge in [-0.3, -0.25) is 9.59 Å². The first-order valence-electron chi connectivity index (χ1n) is 6.80. The van der Waals surface area contributed by atoms with E-state index < -0.39 is 0 Å². The van der Waals surface area contributed by atoms with Crippen molar-refractivity contribution in [2.24, 2.45) is 0 Å². The number of likely N-dealkylation sites (tertiary alicyclic amines) is 1. The largest absolute Gasteiger partial charge is 0.396 e. The Labute approximate surface area is 132 Å². The van der Waals surface area contributed by atoms with Gasteiger partial charge < -0.3 is 16.0 Å². The van der Waals surface area contributed by atoms with Gasteiger partial charge in [0.05, 0.1) is 21.8 Å². The van der Waals surface area contributed by atoms with Crippen molar-refractivity contribution < 1.29 is 9.59 Å². The van der Waals surface area contributed by atoms with Gasteiger partial charge in [-0.05, 0) is 25.0 Å². The molecule has 21 heavy (non-hydrogen) atoms. The lowest BCUT2D eigenvalue weighted by Crippen LogP contribution is -2.37. The fraction of sp³-hybridized carbons (Fsp3) is 0.429. The molecule has 5 nitrogen and oxygen atoms in total. The Balaban J connectivity index is 1.68. The molecule has 1 aliphatic heterocycles. The van der Waals surface area contributed by atoms with E-state index in [1.807, 2.05) is 4.90 Å². The molecular formula is C14H15Cl2N3O2. The lowest BCUT2D eigenvalue weighted by molar-refractivity contribution is -0.128. The van der Waals surface area contributed by atoms with E-state index in [9.17, 15) is 9.59 Å². The molecule has 3 rings (SSSR count). The highest BCUT2D eigenvalue weighted by molar-refractivity contribution is 6.39. The van der Waals surface area contributed by atoms with Crippen LogP contribution >= 0.6 is 23.2 Å². The number of nitrogens with zero attached hydrogens (tertiary/aromatic N) is 1. The second-order valence-corrected chi connectivity index (χ2v) is 6.32. The number of nitrogen functional groups attached to an aromatic ring is 1. The average molecular weight is 328 g/mol. The number of nitrogens with one attached hydrogen (secondary N) is 1. The SMILES string of the molecule is Nc1c(Cl)cc(C(=O)N[C@H]2CC(=O)N(C3CC3)C2)cc1Cl. The van der Waals surface area contributed by atoms with Crippen molar-refractivity contribution in [3.63, 3.8) is 0 Å². The number of benzene rings is 1. The highest BCUT2D eigenvalue weighted by atomic mass is 35.5. The Kier molecular flexibility index (Phi) is 3.71. The fourth-order valence-corrected chi connectivity index (χ4v) is 3.04. The molecule has 0 bridgehead atoms. The molecule has 0 spiro atoms. The number of carbonyl (C=O) groups is 2. The summed E-state index contributed by atoms with van der Waals surface area (Å²) in [6.07, 6.45) is 2.48. The smallest absolute Gasteiger partial charge is 0.251 e. The highest BCUT2D eigenvalue weighted by Gasteiger charge is 2.39. The van der Waals surface area contributed by atoms with Crippen molar-refractivity contribution in [2.45, 2.75) is 31.3 Å². The highest BCUT2D eigenvalue weighted by Crippen LogP contribution is 2.31. The first kappa shape index (κ1) is 14.5. The molecule has 2 fully saturated rings. The maximum Gasteiger partial charge on any atom is 0.251 e. The standard InChI is InChI=1S/C14H15Cl2N3O2/c15-10-3-7(4-11(16)13(10)17)14(21)18-8-5-12(20)19(6-8)9-1-2-9/h3-4,8-9H,1-2,5-6,17H2,(H,18,21)/t8-/m0/s1. The summed E-state index contributed by atoms with van der Waals surface area (Å²) in [5.74, 6) is -0.189. The molecule has 1 atom stereocenters. The molecule has 1 saturated heterocycles. The minimum absolute atomic E-state index is 0.108. The van der Waals surface area contributed by atoms with Gasteiger partial charge >= 0.3 is 0 Å². The van der Waals surface area contributed by atoms with E-state index in [-0.39, 0.29) is 33.6 Å². The summed E-state index contributed by atoms with van der Waals surface area (Å²) in [5, 5.41) is 3.34. The Morgan fingerprint density at radius 1 is 1.29 bits per heavy atom. The van der Waals surface area contributed by atoms with Gasteiger partial charge in [-0.2, -0.15) is 0 Å². The lowest BCUT2D eigenvalue weighted by Gasteiger charge is -2.16. The van der Waals surface area contributed by atoms with E-state index in [2.05, 4.69) is 5.32 Å². The van der Waals surface area contributed by atoms with E-state index in [0.717, 1.165) is 12.8 Å². The normalized spacial score (nSPS) is 21.7. The fourth-order valence-electron chi connectivity index (χ4n) is 2.55. The molecule has 1 heterocycles. The maximum absolute atomic E-state index is 12.2. The van der Waals surface area contributed by atoms with Crippen molar-refractivity contribution in [3.8, 4) is 0 Å². The second-order valence-electron chi connectivity index (χ2n) is 5.51. The van der Waals surface area contributed by atoms with Crippen LogP contribution in [0.25, 0.3) is 0 Å². The number of rotatable bonds is 3. The zero-order valence-corrected chi connectivity index (χ0v) is 12.7. The third-order valence-corrected chi connectivity index (χ3v) is 4.45. The Bertz CT molecular complexity index is 593. The first-order valence-corrected chi connectivity index (χ1v) is 7.56. The molecule has 2 amide bonds. The number of nitrogens with two attached hydrogens (primary N) is 1. The molecule has 7 heteroatoms. The van der Waals surface area contributed by atoms with Crippen LogP contribution < -0.4 is 11.1 Å². The van der Waals surface area contributed by atoms with E-state index in [4.69, 9.17) is 28.9 Å². The van der Waals surface area contributed by atoms with E-state index in [1.165, 1.54) is 12.1 Å². The monoisotopic (exact) mass is 327 g/mol. The van der Waals surface area contributed by atoms with Crippen LogP contribution in [0.3, 0.4) is 0 Å². The number of amides is 2. The zero-order valence-electron chi connectivity index (χ0n) is 11.2. The molecule has 1 aliphatic carbocycles. The summed E-state index contributed by atoms with van der Waals surface area (Å²) in [6.45, 7) is 0.575. The van der Waals surface area contributed by atoms with Crippen molar-refractivity contribution in [1.29, 1.82) is 0 Å². The van der Waals surface area contributed by atoms with Gasteiger partial charge in [-0.1, -0.05) is 23.2 Å². The van der Waals surface area contributed by atoms with Crippen LogP contribution in [0.15, 0.2) is 12.1 Å². The summed E-state index contributed by atoms with van der Waals surface area (Å²) in [6, 6.07) is 3.17. The van der Waals surface area contributed by atoms with Gasteiger partial charge in [0.15, 0.2) is 0 Å². The first-order chi connectivity index (χ1) is 9.95. The Morgan fingerprint density at radius 2 is 1.90 bits per heavy atom. The number of halogens is 2. The molecule has 1 saturated carbocycles. The van der Waals surface area contributed by atoms with Crippen LogP contribution in [-0.4, -0.2) is 35.3 Å². The van der Waals surface area contributed by atoms with Crippen LogP contribution in [0.1, 0.15) is 29.6 Å². The van der Waals surface area contributed by atoms with Crippen LogP contribution in [0.5, 0.6) is 0 Å². The summed E-state index contributed by atoms with van der Waals surface area (Å²) < 4.78 is 0. The molecule has 1 aromatic rings. The average Bonchev–Trinajstić information content (AvgIpc) is 3.20. The number of anilines is 1. The predicted molar refractivity (Wildman–Crippen MR) is 81.5 cm³/mol. The summed E-state index contributed by atoms with van der Waals surface area (Å²) in [5.41, 5.74) is 6.24. The molecule has 0 aromatic heterocycles. The summed E-state index contributed by atoms with van der Waals surface area (Å²) in [4.78, 5) is 25.9. The number of carbonyl (C=O) groups excluding carboxylic acids is 2. The summed E-state index contributed by atoms with van der Waals surface area (Å²) in [7, 11) is 0. The predicted octanol–water partition coefficient (Wildman–Crippen LogP) is 2.07. The maximum atomic E-state index is 12.2. The van der Waals surface area contributed by atoms with Crippen LogP contribution in [0.4, 0.5) is 5.69 Å². The van der Waals surface area contributed by atoms with E-state index in [1.54, 1.807) is 0 Å². The zero-order chi connectivity index (χ0) is 15.1. The van der Waals surface area contributed by atoms with Crippen molar-refractivity contribution in [1.82, 2.24) is 10.2 Å². The van der Waals surface area contributed by atoms with Crippen LogP contribution in [0.2, 0.25) is 10.0 Å². The van der Waals surface area contributed by atoms with E-state index >= 15 is 0 Å². The number of hydrogen-bond donors (Lipinski definition) is 2. The van der Waals surface area contributed by atoms with Crippen LogP contribution in [-0.2, 0) is 4.79 Å². The van der Waals surface area contributed by atoms with Crippen molar-refractivity contribution in [3.05, 3.63) is 27.7 Å². The topological polar surface area (TPSA) is 75.4 Å². The van der Waals surface area contributed by atoms with Gasteiger partial charge in [-0.25, -0.2) is 0 Å². The molecule has 1 aromatic carbocycles. The molecular weight excluding hydrogens is 313 g/mol. The Hall–Kier alpha value is -1.46. The van der Waals surface area contributed by atoms with Gasteiger partial charge in [-0.15, -0.1) is 0 Å². The summed E-state index contributed by atoms with van der Waals surface area (Å²) >= 11 is 11.8. The lowest BCUT2D eigenvalue weighted by atomic mass is 10.1. The minimum Gasteiger partial charge on any atom is -0.396 e. The van der Waals surface area contributed by atoms with Crippen molar-refractivity contribution in [2.75, 3.05) is 12.3 Å². The molecule has 112 valence electrons. The van der Waals surface area contributed by atoms with Gasteiger partial charge in [0.25, 0.3) is 5.91 Å². The number of hydrogen-bond acceptors (Lipinski definition) is 3. The Morgan fingerprint density at radius 3 is 2.48 bits per heavy atom. The van der Waals surface area contributed by atoms with Gasteiger partial charge in [0.1, 0.15) is 0 Å². The van der Waals surface area contributed by atoms with Gasteiger partial charge in [0, 0.05) is 24.6 Å². The molecule has 0 unspecified atom stereocenters. The minimum atomic E-state index is -0.297. The molecule has 0 radical (unpaired) electrons. The van der Waals surface area contributed by atoms with Crippen molar-refractivity contribution >= 4 is 40.7 Å². The third kappa shape index (κ3) is 2.94.